The van der Waals surface area contributed by atoms with Crippen LogP contribution in [0.2, 0.25) is 0 Å². The number of nitrogens with zero attached hydrogens (tertiary/aromatic N) is 2. The highest BCUT2D eigenvalue weighted by atomic mass is 32.2. The van der Waals surface area contributed by atoms with Crippen molar-refractivity contribution in [1.29, 1.82) is 0 Å². The summed E-state index contributed by atoms with van der Waals surface area (Å²) in [6.07, 6.45) is 3.32. The molecule has 0 atom stereocenters. The lowest BCUT2D eigenvalue weighted by molar-refractivity contribution is -0.131. The van der Waals surface area contributed by atoms with Crippen LogP contribution in [0.5, 0.6) is 0 Å². The number of urea groups is 1. The van der Waals surface area contributed by atoms with Crippen LogP contribution in [0.25, 0.3) is 0 Å². The van der Waals surface area contributed by atoms with Crippen LogP contribution in [-0.4, -0.2) is 39.8 Å². The molecule has 2 heterocycles. The number of amides is 4. The van der Waals surface area contributed by atoms with Gasteiger partial charge in [-0.3, -0.25) is 14.5 Å². The predicted octanol–water partition coefficient (Wildman–Crippen LogP) is 4.10. The first-order chi connectivity index (χ1) is 14.4. The van der Waals surface area contributed by atoms with Gasteiger partial charge in [-0.05, 0) is 50.5 Å². The Morgan fingerprint density at radius 3 is 2.73 bits per heavy atom. The van der Waals surface area contributed by atoms with Crippen LogP contribution in [0.15, 0.2) is 32.8 Å². The third-order valence-electron chi connectivity index (χ3n) is 5.54. The average molecular weight is 445 g/mol. The van der Waals surface area contributed by atoms with Crippen molar-refractivity contribution in [3.8, 4) is 0 Å². The average Bonchev–Trinajstić information content (AvgIpc) is 3.38. The van der Waals surface area contributed by atoms with Gasteiger partial charge in [0.25, 0.3) is 5.91 Å². The maximum absolute atomic E-state index is 12.7. The number of carbonyl (C=O) groups excluding carboxylic acids is 3. The maximum Gasteiger partial charge on any atom is 0.325 e. The fourth-order valence-corrected chi connectivity index (χ4v) is 5.85. The van der Waals surface area contributed by atoms with Crippen molar-refractivity contribution in [2.24, 2.45) is 0 Å². The van der Waals surface area contributed by atoms with Crippen LogP contribution in [0.1, 0.15) is 43.4 Å². The van der Waals surface area contributed by atoms with Gasteiger partial charge in [0.15, 0.2) is 4.34 Å². The van der Waals surface area contributed by atoms with Crippen LogP contribution in [0.4, 0.5) is 10.5 Å². The van der Waals surface area contributed by atoms with Crippen molar-refractivity contribution in [3.63, 3.8) is 0 Å². The molecule has 1 saturated heterocycles. The molecule has 0 radical (unpaired) electrons. The zero-order chi connectivity index (χ0) is 21.3. The topological polar surface area (TPSA) is 91.4 Å². The summed E-state index contributed by atoms with van der Waals surface area (Å²) < 4.78 is 0.984. The first-order valence-corrected chi connectivity index (χ1v) is 11.7. The molecular formula is C21H24N4O3S2. The number of hydrogen-bond donors (Lipinski definition) is 2. The normalized spacial score (nSPS) is 17.6. The highest BCUT2D eigenvalue weighted by Gasteiger charge is 2.52. The van der Waals surface area contributed by atoms with Crippen LogP contribution >= 0.6 is 23.1 Å². The summed E-state index contributed by atoms with van der Waals surface area (Å²) in [7, 11) is 0. The molecule has 1 saturated carbocycles. The molecule has 30 heavy (non-hydrogen) atoms. The van der Waals surface area contributed by atoms with Gasteiger partial charge in [-0.25, -0.2) is 9.78 Å². The summed E-state index contributed by atoms with van der Waals surface area (Å²) in [6, 6.07) is 5.45. The SMILES string of the molecule is Cc1csc(Sc2ccc(NC(=O)CCN3C(=O)NC4(CCCC4)C3=O)c(C)c2)n1. The van der Waals surface area contributed by atoms with E-state index in [0.717, 1.165) is 39.0 Å². The van der Waals surface area contributed by atoms with Crippen LogP contribution < -0.4 is 10.6 Å². The Morgan fingerprint density at radius 1 is 1.30 bits per heavy atom. The van der Waals surface area contributed by atoms with E-state index in [2.05, 4.69) is 15.6 Å². The summed E-state index contributed by atoms with van der Waals surface area (Å²) in [6.45, 7) is 4.00. The van der Waals surface area contributed by atoms with E-state index in [1.165, 1.54) is 4.90 Å². The van der Waals surface area contributed by atoms with Crippen molar-refractivity contribution in [2.75, 3.05) is 11.9 Å². The predicted molar refractivity (Wildman–Crippen MR) is 117 cm³/mol. The molecule has 2 N–H and O–H groups in total. The lowest BCUT2D eigenvalue weighted by atomic mass is 9.98. The fraction of sp³-hybridized carbons (Fsp3) is 0.429. The van der Waals surface area contributed by atoms with Crippen molar-refractivity contribution < 1.29 is 14.4 Å². The Balaban J connectivity index is 1.33. The second-order valence-electron chi connectivity index (χ2n) is 7.81. The van der Waals surface area contributed by atoms with Crippen molar-refractivity contribution in [2.45, 2.75) is 60.7 Å². The third kappa shape index (κ3) is 4.22. The third-order valence-corrected chi connectivity index (χ3v) is 7.59. The minimum absolute atomic E-state index is 0.0730. The summed E-state index contributed by atoms with van der Waals surface area (Å²) in [5, 5.41) is 7.75. The van der Waals surface area contributed by atoms with E-state index in [9.17, 15) is 14.4 Å². The molecule has 0 bridgehead atoms. The number of rotatable bonds is 6. The van der Waals surface area contributed by atoms with Crippen LogP contribution in [-0.2, 0) is 9.59 Å². The van der Waals surface area contributed by atoms with Gasteiger partial charge in [-0.2, -0.15) is 0 Å². The molecule has 1 spiro atoms. The van der Waals surface area contributed by atoms with Crippen molar-refractivity contribution in [1.82, 2.24) is 15.2 Å². The minimum Gasteiger partial charge on any atom is -0.326 e. The van der Waals surface area contributed by atoms with E-state index in [1.807, 2.05) is 37.4 Å². The maximum atomic E-state index is 12.7. The molecule has 2 aliphatic rings. The zero-order valence-corrected chi connectivity index (χ0v) is 18.6. The number of thiazole rings is 1. The van der Waals surface area contributed by atoms with Gasteiger partial charge in [0.05, 0.1) is 0 Å². The lowest BCUT2D eigenvalue weighted by Gasteiger charge is -2.20. The molecular weight excluding hydrogens is 420 g/mol. The Labute approximate surface area is 183 Å². The van der Waals surface area contributed by atoms with Crippen LogP contribution in [0.3, 0.4) is 0 Å². The van der Waals surface area contributed by atoms with E-state index >= 15 is 0 Å². The first kappa shape index (κ1) is 20.9. The summed E-state index contributed by atoms with van der Waals surface area (Å²) in [5.41, 5.74) is 1.95. The molecule has 158 valence electrons. The Kier molecular flexibility index (Phi) is 5.84. The van der Waals surface area contributed by atoms with Gasteiger partial charge in [0.2, 0.25) is 5.91 Å². The molecule has 7 nitrogen and oxygen atoms in total. The Morgan fingerprint density at radius 2 is 2.07 bits per heavy atom. The Hall–Kier alpha value is -2.39. The number of hydrogen-bond acceptors (Lipinski definition) is 6. The van der Waals surface area contributed by atoms with E-state index in [1.54, 1.807) is 23.1 Å². The Bertz CT molecular complexity index is 998. The molecule has 1 aromatic carbocycles. The molecule has 9 heteroatoms. The van der Waals surface area contributed by atoms with Crippen molar-refractivity contribution >= 4 is 46.6 Å². The van der Waals surface area contributed by atoms with E-state index in [-0.39, 0.29) is 30.8 Å². The molecule has 1 aliphatic carbocycles. The number of carbonyl (C=O) groups is 3. The second kappa shape index (κ2) is 8.39. The van der Waals surface area contributed by atoms with Crippen LogP contribution in [0, 0.1) is 13.8 Å². The van der Waals surface area contributed by atoms with Gasteiger partial charge < -0.3 is 10.6 Å². The number of aromatic nitrogens is 1. The summed E-state index contributed by atoms with van der Waals surface area (Å²) in [5.74, 6) is -0.408. The minimum atomic E-state index is -0.729. The van der Waals surface area contributed by atoms with E-state index in [4.69, 9.17) is 0 Å². The highest BCUT2D eigenvalue weighted by Crippen LogP contribution is 2.35. The second-order valence-corrected chi connectivity index (χ2v) is 9.99. The quantitative estimate of drug-likeness (QED) is 0.655. The van der Waals surface area contributed by atoms with Crippen molar-refractivity contribution in [3.05, 3.63) is 34.8 Å². The first-order valence-electron chi connectivity index (χ1n) is 10.0. The number of aryl methyl sites for hydroxylation is 2. The smallest absolute Gasteiger partial charge is 0.325 e. The van der Waals surface area contributed by atoms with Gasteiger partial charge in [-0.1, -0.05) is 24.6 Å². The molecule has 2 aromatic rings. The van der Waals surface area contributed by atoms with Gasteiger partial charge in [0.1, 0.15) is 5.54 Å². The van der Waals surface area contributed by atoms with E-state index in [0.29, 0.717) is 12.8 Å². The summed E-state index contributed by atoms with van der Waals surface area (Å²) >= 11 is 3.20. The molecule has 1 aromatic heterocycles. The van der Waals surface area contributed by atoms with Gasteiger partial charge in [0, 0.05) is 34.6 Å². The molecule has 0 unspecified atom stereocenters. The highest BCUT2D eigenvalue weighted by molar-refractivity contribution is 8.01. The fourth-order valence-electron chi connectivity index (χ4n) is 3.94. The zero-order valence-electron chi connectivity index (χ0n) is 17.0. The lowest BCUT2D eigenvalue weighted by Crippen LogP contribution is -2.44. The molecule has 1 aliphatic heterocycles. The number of anilines is 1. The van der Waals surface area contributed by atoms with E-state index < -0.39 is 5.54 Å². The number of benzene rings is 1. The van der Waals surface area contributed by atoms with Gasteiger partial charge >= 0.3 is 6.03 Å². The molecule has 4 amide bonds. The molecule has 4 rings (SSSR count). The van der Waals surface area contributed by atoms with Gasteiger partial charge in [-0.15, -0.1) is 11.3 Å². The number of imide groups is 1. The monoisotopic (exact) mass is 444 g/mol. The number of nitrogens with one attached hydrogen (secondary N) is 2. The standard InChI is InChI=1S/C21H24N4O3S2/c1-13-11-15(30-20-22-14(2)12-29-20)5-6-16(13)23-17(26)7-10-25-18(27)21(24-19(25)28)8-3-4-9-21/h5-6,11-12H,3-4,7-10H2,1-2H3,(H,23,26)(H,24,28). The summed E-state index contributed by atoms with van der Waals surface area (Å²) in [4.78, 5) is 44.0. The largest absolute Gasteiger partial charge is 0.326 e. The molecule has 2 fully saturated rings.